The Labute approximate surface area is 129 Å². The predicted octanol–water partition coefficient (Wildman–Crippen LogP) is 2.42. The van der Waals surface area contributed by atoms with Gasteiger partial charge >= 0.3 is 0 Å². The fourth-order valence-corrected chi connectivity index (χ4v) is 3.53. The van der Waals surface area contributed by atoms with E-state index in [1.165, 1.54) is 35.5 Å². The van der Waals surface area contributed by atoms with Crippen molar-refractivity contribution in [2.45, 2.75) is 18.9 Å². The largest absolute Gasteiger partial charge is 0.316 e. The third kappa shape index (κ3) is 2.37. The summed E-state index contributed by atoms with van der Waals surface area (Å²) >= 11 is 0. The van der Waals surface area contributed by atoms with E-state index >= 15 is 0 Å². The van der Waals surface area contributed by atoms with Crippen LogP contribution >= 0.6 is 0 Å². The number of nitrogens with one attached hydrogen (secondary N) is 1. The van der Waals surface area contributed by atoms with E-state index in [1.807, 2.05) is 0 Å². The fraction of sp³-hybridized carbons (Fsp3) is 0.353. The van der Waals surface area contributed by atoms with Crippen LogP contribution in [0.2, 0.25) is 0 Å². The van der Waals surface area contributed by atoms with Crippen molar-refractivity contribution in [3.8, 4) is 0 Å². The van der Waals surface area contributed by atoms with Crippen molar-refractivity contribution < 1.29 is 0 Å². The van der Waals surface area contributed by atoms with Gasteiger partial charge in [0.15, 0.2) is 6.33 Å². The number of tetrazole rings is 1. The van der Waals surface area contributed by atoms with Gasteiger partial charge in [-0.2, -0.15) is 4.80 Å². The average molecular weight is 293 g/mol. The molecule has 0 amide bonds. The highest BCUT2D eigenvalue weighted by Gasteiger charge is 2.29. The molecule has 112 valence electrons. The van der Waals surface area contributed by atoms with Gasteiger partial charge in [-0.1, -0.05) is 42.5 Å². The maximum Gasteiger partial charge on any atom is 0.162 e. The summed E-state index contributed by atoms with van der Waals surface area (Å²) in [6.07, 6.45) is 3.90. The molecule has 1 fully saturated rings. The molecule has 0 saturated carbocycles. The lowest BCUT2D eigenvalue weighted by atomic mass is 9.85. The average Bonchev–Trinajstić information content (AvgIpc) is 3.11. The fourth-order valence-electron chi connectivity index (χ4n) is 3.53. The van der Waals surface area contributed by atoms with Crippen LogP contribution in [0.25, 0.3) is 10.8 Å². The second-order valence-corrected chi connectivity index (χ2v) is 5.88. The number of nitrogens with zero attached hydrogens (tertiary/aromatic N) is 4. The summed E-state index contributed by atoms with van der Waals surface area (Å²) in [6.45, 7) is 2.10. The molecule has 2 atom stereocenters. The van der Waals surface area contributed by atoms with E-state index in [2.05, 4.69) is 63.2 Å². The van der Waals surface area contributed by atoms with Crippen molar-refractivity contribution in [2.75, 3.05) is 13.1 Å². The van der Waals surface area contributed by atoms with E-state index in [4.69, 9.17) is 0 Å². The Morgan fingerprint density at radius 2 is 2.05 bits per heavy atom. The van der Waals surface area contributed by atoms with Gasteiger partial charge in [0.1, 0.15) is 6.04 Å². The Balaban J connectivity index is 1.85. The molecule has 5 heteroatoms. The normalized spacial score (nSPS) is 20.1. The molecule has 5 nitrogen and oxygen atoms in total. The molecule has 0 radical (unpaired) electrons. The smallest absolute Gasteiger partial charge is 0.162 e. The minimum absolute atomic E-state index is 0.126. The third-order valence-corrected chi connectivity index (χ3v) is 4.54. The summed E-state index contributed by atoms with van der Waals surface area (Å²) in [4.78, 5) is 1.78. The molecule has 0 unspecified atom stereocenters. The standard InChI is InChI=1S/C17H19N5/c1-2-8-15-13(5-1)6-3-9-16(15)17(22-20-12-19-21-22)14-7-4-10-18-11-14/h1-3,5-6,8-9,12,14,17-18H,4,7,10-11H2/t14-,17-/m0/s1. The molecule has 2 heterocycles. The van der Waals surface area contributed by atoms with Crippen LogP contribution in [0.3, 0.4) is 0 Å². The van der Waals surface area contributed by atoms with Crippen LogP contribution in [-0.2, 0) is 0 Å². The zero-order valence-corrected chi connectivity index (χ0v) is 12.4. The van der Waals surface area contributed by atoms with E-state index in [0.717, 1.165) is 13.1 Å². The maximum absolute atomic E-state index is 4.34. The number of rotatable bonds is 3. The second-order valence-electron chi connectivity index (χ2n) is 5.88. The van der Waals surface area contributed by atoms with Crippen LogP contribution in [0, 0.1) is 5.92 Å². The second kappa shape index (κ2) is 5.85. The van der Waals surface area contributed by atoms with Crippen LogP contribution in [0.15, 0.2) is 48.8 Å². The molecule has 22 heavy (non-hydrogen) atoms. The molecule has 2 aromatic carbocycles. The molecule has 1 aliphatic heterocycles. The number of hydrogen-bond donors (Lipinski definition) is 1. The first kappa shape index (κ1) is 13.4. The predicted molar refractivity (Wildman–Crippen MR) is 85.5 cm³/mol. The first-order valence-corrected chi connectivity index (χ1v) is 7.84. The SMILES string of the molecule is c1ccc2c([C@H]([C@H]3CCCNC3)n3ncnn3)cccc2c1. The van der Waals surface area contributed by atoms with Crippen molar-refractivity contribution in [3.63, 3.8) is 0 Å². The van der Waals surface area contributed by atoms with E-state index in [9.17, 15) is 0 Å². The van der Waals surface area contributed by atoms with E-state index < -0.39 is 0 Å². The van der Waals surface area contributed by atoms with Gasteiger partial charge in [0, 0.05) is 6.54 Å². The van der Waals surface area contributed by atoms with Gasteiger partial charge < -0.3 is 5.32 Å². The zero-order chi connectivity index (χ0) is 14.8. The Bertz CT molecular complexity index is 741. The van der Waals surface area contributed by atoms with Gasteiger partial charge in [-0.25, -0.2) is 0 Å². The lowest BCUT2D eigenvalue weighted by Crippen LogP contribution is -2.36. The number of hydrogen-bond acceptors (Lipinski definition) is 4. The van der Waals surface area contributed by atoms with Gasteiger partial charge in [0.25, 0.3) is 0 Å². The Morgan fingerprint density at radius 3 is 2.86 bits per heavy atom. The Morgan fingerprint density at radius 1 is 1.14 bits per heavy atom. The van der Waals surface area contributed by atoms with Gasteiger partial charge in [-0.15, -0.1) is 10.2 Å². The zero-order valence-electron chi connectivity index (χ0n) is 12.4. The molecule has 0 bridgehead atoms. The summed E-state index contributed by atoms with van der Waals surface area (Å²) in [5.41, 5.74) is 1.28. The van der Waals surface area contributed by atoms with Crippen molar-refractivity contribution >= 4 is 10.8 Å². The summed E-state index contributed by atoms with van der Waals surface area (Å²) in [7, 11) is 0. The molecule has 1 N–H and O–H groups in total. The van der Waals surface area contributed by atoms with Gasteiger partial charge in [-0.05, 0) is 46.9 Å². The number of piperidine rings is 1. The first-order chi connectivity index (χ1) is 10.9. The van der Waals surface area contributed by atoms with Crippen molar-refractivity contribution in [1.29, 1.82) is 0 Å². The summed E-state index contributed by atoms with van der Waals surface area (Å²) in [5.74, 6) is 0.480. The molecular formula is C17H19N5. The first-order valence-electron chi connectivity index (χ1n) is 7.84. The monoisotopic (exact) mass is 293 g/mol. The molecule has 1 aromatic heterocycles. The van der Waals surface area contributed by atoms with E-state index in [0.29, 0.717) is 5.92 Å². The van der Waals surface area contributed by atoms with Crippen LogP contribution in [0.1, 0.15) is 24.4 Å². The highest BCUT2D eigenvalue weighted by Crippen LogP contribution is 2.34. The van der Waals surface area contributed by atoms with Crippen LogP contribution in [0.4, 0.5) is 0 Å². The van der Waals surface area contributed by atoms with Crippen molar-refractivity contribution in [2.24, 2.45) is 5.92 Å². The third-order valence-electron chi connectivity index (χ3n) is 4.54. The lowest BCUT2D eigenvalue weighted by molar-refractivity contribution is 0.262. The lowest BCUT2D eigenvalue weighted by Gasteiger charge is -2.30. The maximum atomic E-state index is 4.34. The van der Waals surface area contributed by atoms with Crippen LogP contribution in [0.5, 0.6) is 0 Å². The van der Waals surface area contributed by atoms with Gasteiger partial charge in [0.05, 0.1) is 0 Å². The quantitative estimate of drug-likeness (QED) is 0.806. The molecule has 4 rings (SSSR count). The summed E-state index contributed by atoms with van der Waals surface area (Å²) in [5, 5.41) is 18.5. The number of fused-ring (bicyclic) bond motifs is 1. The minimum atomic E-state index is 0.126. The number of benzene rings is 2. The highest BCUT2D eigenvalue weighted by molar-refractivity contribution is 5.86. The molecule has 1 aliphatic rings. The molecular weight excluding hydrogens is 274 g/mol. The topological polar surface area (TPSA) is 55.6 Å². The Kier molecular flexibility index (Phi) is 3.56. The highest BCUT2D eigenvalue weighted by atomic mass is 15.6. The van der Waals surface area contributed by atoms with Gasteiger partial charge in [0.2, 0.25) is 0 Å². The van der Waals surface area contributed by atoms with Gasteiger partial charge in [-0.3, -0.25) is 0 Å². The van der Waals surface area contributed by atoms with Crippen molar-refractivity contribution in [1.82, 2.24) is 25.5 Å². The van der Waals surface area contributed by atoms with Crippen LogP contribution < -0.4 is 5.32 Å². The van der Waals surface area contributed by atoms with E-state index in [1.54, 1.807) is 4.80 Å². The summed E-state index contributed by atoms with van der Waals surface area (Å²) < 4.78 is 0. The molecule has 0 aliphatic carbocycles. The van der Waals surface area contributed by atoms with Crippen molar-refractivity contribution in [3.05, 3.63) is 54.4 Å². The summed E-state index contributed by atoms with van der Waals surface area (Å²) in [6, 6.07) is 15.1. The molecule has 3 aromatic rings. The molecule has 1 saturated heterocycles. The molecule has 0 spiro atoms. The number of aromatic nitrogens is 4. The van der Waals surface area contributed by atoms with E-state index in [-0.39, 0.29) is 6.04 Å². The Hall–Kier alpha value is -2.27. The van der Waals surface area contributed by atoms with Crippen LogP contribution in [-0.4, -0.2) is 33.3 Å². The minimum Gasteiger partial charge on any atom is -0.316 e.